The first-order valence-electron chi connectivity index (χ1n) is 7.37. The molecule has 0 aliphatic heterocycles. The van der Waals surface area contributed by atoms with Crippen LogP contribution in [0, 0.1) is 6.92 Å². The molecular formula is C16H17N3O3S. The van der Waals surface area contributed by atoms with E-state index in [4.69, 9.17) is 9.84 Å². The molecule has 0 amide bonds. The summed E-state index contributed by atoms with van der Waals surface area (Å²) in [6, 6.07) is 5.23. The Hall–Kier alpha value is -2.25. The molecule has 0 fully saturated rings. The van der Waals surface area contributed by atoms with Crippen molar-refractivity contribution in [3.63, 3.8) is 0 Å². The Morgan fingerprint density at radius 3 is 2.91 bits per heavy atom. The Balaban J connectivity index is 2.09. The molecule has 0 radical (unpaired) electrons. The third-order valence-electron chi connectivity index (χ3n) is 3.52. The van der Waals surface area contributed by atoms with Crippen LogP contribution in [0.15, 0.2) is 23.0 Å². The summed E-state index contributed by atoms with van der Waals surface area (Å²) < 4.78 is 5.30. The molecule has 0 spiro atoms. The molecule has 0 bridgehead atoms. The molecule has 2 N–H and O–H groups in total. The number of pyridine rings is 1. The van der Waals surface area contributed by atoms with Gasteiger partial charge < -0.3 is 14.8 Å². The van der Waals surface area contributed by atoms with Crippen molar-refractivity contribution in [2.75, 3.05) is 13.2 Å². The number of fused-ring (bicyclic) bond motifs is 1. The van der Waals surface area contributed by atoms with Gasteiger partial charge in [0, 0.05) is 10.9 Å². The summed E-state index contributed by atoms with van der Waals surface area (Å²) in [5.74, 6) is 0.803. The Morgan fingerprint density at radius 2 is 2.17 bits per heavy atom. The standard InChI is InChI=1S/C16H17N3O3S/c1-3-10-9(2)23-16-13(10)15(21)18-14(19-16)11-5-4-6-12(17-11)22-8-7-20/h4-6,20H,3,7-8H2,1-2H3,(H,18,19,21). The van der Waals surface area contributed by atoms with Gasteiger partial charge in [0.2, 0.25) is 5.88 Å². The molecule has 23 heavy (non-hydrogen) atoms. The molecule has 0 aromatic carbocycles. The fraction of sp³-hybridized carbons (Fsp3) is 0.312. The van der Waals surface area contributed by atoms with Crippen LogP contribution in [0.1, 0.15) is 17.4 Å². The zero-order chi connectivity index (χ0) is 16.4. The minimum absolute atomic E-state index is 0.0821. The number of aliphatic hydroxyl groups excluding tert-OH is 1. The van der Waals surface area contributed by atoms with Crippen molar-refractivity contribution in [2.24, 2.45) is 0 Å². The van der Waals surface area contributed by atoms with E-state index in [1.807, 2.05) is 13.8 Å². The first-order valence-corrected chi connectivity index (χ1v) is 8.19. The van der Waals surface area contributed by atoms with Crippen molar-refractivity contribution in [3.8, 4) is 17.4 Å². The van der Waals surface area contributed by atoms with Crippen LogP contribution in [-0.2, 0) is 6.42 Å². The van der Waals surface area contributed by atoms with Crippen LogP contribution in [0.25, 0.3) is 21.7 Å². The molecule has 7 heteroatoms. The predicted molar refractivity (Wildman–Crippen MR) is 90.2 cm³/mol. The van der Waals surface area contributed by atoms with Crippen LogP contribution in [0.5, 0.6) is 5.88 Å². The summed E-state index contributed by atoms with van der Waals surface area (Å²) in [6.07, 6.45) is 0.804. The lowest BCUT2D eigenvalue weighted by Gasteiger charge is -2.05. The van der Waals surface area contributed by atoms with E-state index < -0.39 is 0 Å². The molecule has 6 nitrogen and oxygen atoms in total. The second-order valence-corrected chi connectivity index (χ2v) is 6.22. The van der Waals surface area contributed by atoms with Crippen molar-refractivity contribution < 1.29 is 9.84 Å². The summed E-state index contributed by atoms with van der Waals surface area (Å²) >= 11 is 1.52. The number of aromatic nitrogens is 3. The van der Waals surface area contributed by atoms with Crippen molar-refractivity contribution in [1.29, 1.82) is 0 Å². The van der Waals surface area contributed by atoms with Gasteiger partial charge in [0.1, 0.15) is 17.1 Å². The highest BCUT2D eigenvalue weighted by Crippen LogP contribution is 2.28. The van der Waals surface area contributed by atoms with Crippen LogP contribution >= 0.6 is 11.3 Å². The number of rotatable bonds is 5. The quantitative estimate of drug-likeness (QED) is 0.749. The largest absolute Gasteiger partial charge is 0.475 e. The van der Waals surface area contributed by atoms with Crippen molar-refractivity contribution in [2.45, 2.75) is 20.3 Å². The molecule has 120 valence electrons. The van der Waals surface area contributed by atoms with Crippen LogP contribution < -0.4 is 10.3 Å². The summed E-state index contributed by atoms with van der Waals surface area (Å²) in [5.41, 5.74) is 1.44. The van der Waals surface area contributed by atoms with E-state index in [1.54, 1.807) is 18.2 Å². The number of hydrogen-bond donors (Lipinski definition) is 2. The van der Waals surface area contributed by atoms with E-state index in [-0.39, 0.29) is 18.8 Å². The zero-order valence-corrected chi connectivity index (χ0v) is 13.7. The molecule has 3 heterocycles. The molecule has 0 atom stereocenters. The number of thiophene rings is 1. The smallest absolute Gasteiger partial charge is 0.260 e. The van der Waals surface area contributed by atoms with E-state index in [1.165, 1.54) is 11.3 Å². The zero-order valence-electron chi connectivity index (χ0n) is 12.9. The van der Waals surface area contributed by atoms with Gasteiger partial charge >= 0.3 is 0 Å². The van der Waals surface area contributed by atoms with Crippen LogP contribution in [0.2, 0.25) is 0 Å². The highest BCUT2D eigenvalue weighted by atomic mass is 32.1. The lowest BCUT2D eigenvalue weighted by atomic mass is 10.1. The number of aromatic amines is 1. The van der Waals surface area contributed by atoms with Crippen LogP contribution in [0.4, 0.5) is 0 Å². The first-order chi connectivity index (χ1) is 11.1. The Bertz CT molecular complexity index is 901. The van der Waals surface area contributed by atoms with Gasteiger partial charge in [0.15, 0.2) is 5.82 Å². The van der Waals surface area contributed by atoms with Crippen molar-refractivity contribution in [3.05, 3.63) is 39.0 Å². The van der Waals surface area contributed by atoms with E-state index in [0.717, 1.165) is 21.7 Å². The minimum atomic E-state index is -0.144. The maximum absolute atomic E-state index is 12.4. The number of nitrogens with one attached hydrogen (secondary N) is 1. The summed E-state index contributed by atoms with van der Waals surface area (Å²) in [4.78, 5) is 26.0. The van der Waals surface area contributed by atoms with Crippen molar-refractivity contribution in [1.82, 2.24) is 15.0 Å². The van der Waals surface area contributed by atoms with E-state index in [2.05, 4.69) is 15.0 Å². The third-order valence-corrected chi connectivity index (χ3v) is 4.57. The maximum atomic E-state index is 12.4. The van der Waals surface area contributed by atoms with Gasteiger partial charge in [0.05, 0.1) is 12.0 Å². The van der Waals surface area contributed by atoms with Gasteiger partial charge in [-0.25, -0.2) is 9.97 Å². The number of ether oxygens (including phenoxy) is 1. The first kappa shape index (κ1) is 15.6. The molecular weight excluding hydrogens is 314 g/mol. The lowest BCUT2D eigenvalue weighted by Crippen LogP contribution is -2.10. The van der Waals surface area contributed by atoms with Crippen LogP contribution in [-0.4, -0.2) is 33.3 Å². The fourth-order valence-electron chi connectivity index (χ4n) is 2.50. The molecule has 3 rings (SSSR count). The lowest BCUT2D eigenvalue weighted by molar-refractivity contribution is 0.197. The fourth-order valence-corrected chi connectivity index (χ4v) is 3.61. The molecule has 0 saturated carbocycles. The Labute approximate surface area is 136 Å². The normalized spacial score (nSPS) is 11.1. The Morgan fingerprint density at radius 1 is 1.35 bits per heavy atom. The van der Waals surface area contributed by atoms with Gasteiger partial charge in [-0.15, -0.1) is 11.3 Å². The van der Waals surface area contributed by atoms with Gasteiger partial charge in [-0.1, -0.05) is 13.0 Å². The topological polar surface area (TPSA) is 88.1 Å². The minimum Gasteiger partial charge on any atom is -0.475 e. The number of hydrogen-bond acceptors (Lipinski definition) is 6. The van der Waals surface area contributed by atoms with E-state index in [9.17, 15) is 4.79 Å². The van der Waals surface area contributed by atoms with Crippen molar-refractivity contribution >= 4 is 21.6 Å². The van der Waals surface area contributed by atoms with Crippen LogP contribution in [0.3, 0.4) is 0 Å². The maximum Gasteiger partial charge on any atom is 0.260 e. The Kier molecular flexibility index (Phi) is 4.40. The number of H-pyrrole nitrogens is 1. The van der Waals surface area contributed by atoms with Gasteiger partial charge in [-0.3, -0.25) is 4.79 Å². The van der Waals surface area contributed by atoms with Gasteiger partial charge in [-0.05, 0) is 25.0 Å². The molecule has 3 aromatic heterocycles. The summed E-state index contributed by atoms with van der Waals surface area (Å²) in [7, 11) is 0. The van der Waals surface area contributed by atoms with Gasteiger partial charge in [-0.2, -0.15) is 0 Å². The molecule has 0 aliphatic rings. The van der Waals surface area contributed by atoms with E-state index in [0.29, 0.717) is 22.8 Å². The number of aryl methyl sites for hydroxylation is 2. The molecule has 3 aromatic rings. The summed E-state index contributed by atoms with van der Waals surface area (Å²) in [6.45, 7) is 4.13. The highest BCUT2D eigenvalue weighted by Gasteiger charge is 2.15. The highest BCUT2D eigenvalue weighted by molar-refractivity contribution is 7.18. The third kappa shape index (κ3) is 2.97. The number of nitrogens with zero attached hydrogens (tertiary/aromatic N) is 2. The average molecular weight is 331 g/mol. The molecule has 0 unspecified atom stereocenters. The van der Waals surface area contributed by atoms with Gasteiger partial charge in [0.25, 0.3) is 5.56 Å². The number of aliphatic hydroxyl groups is 1. The van der Waals surface area contributed by atoms with E-state index >= 15 is 0 Å². The second-order valence-electron chi connectivity index (χ2n) is 5.02. The monoisotopic (exact) mass is 331 g/mol. The SMILES string of the molecule is CCc1c(C)sc2nc(-c3cccc(OCCO)n3)[nH]c(=O)c12. The average Bonchev–Trinajstić information content (AvgIpc) is 2.88. The predicted octanol–water partition coefficient (Wildman–Crippen LogP) is 2.29. The second kappa shape index (κ2) is 6.47. The molecule has 0 aliphatic carbocycles. The molecule has 0 saturated heterocycles. The summed E-state index contributed by atoms with van der Waals surface area (Å²) in [5, 5.41) is 9.48.